The van der Waals surface area contributed by atoms with Gasteiger partial charge in [0.25, 0.3) is 0 Å². The summed E-state index contributed by atoms with van der Waals surface area (Å²) in [6.07, 6.45) is -6.18. The van der Waals surface area contributed by atoms with Crippen molar-refractivity contribution in [3.63, 3.8) is 0 Å². The van der Waals surface area contributed by atoms with Crippen LogP contribution in [0.2, 0.25) is 0 Å². The van der Waals surface area contributed by atoms with Crippen LogP contribution in [0.3, 0.4) is 0 Å². The molecule has 0 saturated carbocycles. The number of amides is 2. The minimum absolute atomic E-state index is 0.264. The number of hydrogen-bond acceptors (Lipinski definition) is 8. The summed E-state index contributed by atoms with van der Waals surface area (Å²) in [5, 5.41) is 34.9. The van der Waals surface area contributed by atoms with Gasteiger partial charge in [0.1, 0.15) is 30.2 Å². The number of carbonyl (C=O) groups is 1. The van der Waals surface area contributed by atoms with E-state index in [1.165, 1.54) is 19.2 Å². The summed E-state index contributed by atoms with van der Waals surface area (Å²) in [5.41, 5.74) is 0.498. The Hall–Kier alpha value is -1.96. The summed E-state index contributed by atoms with van der Waals surface area (Å²) < 4.78 is 35.5. The molecule has 1 aromatic carbocycles. The van der Waals surface area contributed by atoms with Crippen molar-refractivity contribution in [1.29, 1.82) is 0 Å². The highest BCUT2D eigenvalue weighted by molar-refractivity contribution is 7.88. The lowest BCUT2D eigenvalue weighted by molar-refractivity contribution is -0.270. The Morgan fingerprint density at radius 2 is 1.78 bits per heavy atom. The van der Waals surface area contributed by atoms with Gasteiger partial charge in [-0.15, -0.1) is 0 Å². The fourth-order valence-electron chi connectivity index (χ4n) is 2.36. The minimum Gasteiger partial charge on any atom is -0.462 e. The maximum atomic E-state index is 11.3. The molecular formula is C15H23N3O8S. The summed E-state index contributed by atoms with van der Waals surface area (Å²) in [6.45, 7) is -0.307. The van der Waals surface area contributed by atoms with Gasteiger partial charge < -0.3 is 35.4 Å². The number of sulfonamides is 1. The van der Waals surface area contributed by atoms with Crippen LogP contribution in [0.1, 0.15) is 0 Å². The molecule has 1 saturated heterocycles. The van der Waals surface area contributed by atoms with Crippen molar-refractivity contribution in [2.24, 2.45) is 0 Å². The second-order valence-electron chi connectivity index (χ2n) is 5.98. The number of benzene rings is 1. The van der Waals surface area contributed by atoms with Crippen molar-refractivity contribution in [2.75, 3.05) is 25.2 Å². The van der Waals surface area contributed by atoms with Crippen molar-refractivity contribution < 1.29 is 38.0 Å². The van der Waals surface area contributed by atoms with Gasteiger partial charge in [0, 0.05) is 19.3 Å². The van der Waals surface area contributed by atoms with Crippen molar-refractivity contribution in [3.05, 3.63) is 24.3 Å². The third-order valence-corrected chi connectivity index (χ3v) is 4.50. The van der Waals surface area contributed by atoms with Gasteiger partial charge in [-0.3, -0.25) is 0 Å². The highest BCUT2D eigenvalue weighted by atomic mass is 32.2. The van der Waals surface area contributed by atoms with Crippen LogP contribution in [-0.4, -0.2) is 80.3 Å². The van der Waals surface area contributed by atoms with Crippen LogP contribution in [0, 0.1) is 0 Å². The highest BCUT2D eigenvalue weighted by Gasteiger charge is 2.45. The van der Waals surface area contributed by atoms with Crippen molar-refractivity contribution in [2.45, 2.75) is 30.7 Å². The smallest absolute Gasteiger partial charge is 0.318 e. The third kappa shape index (κ3) is 6.02. The van der Waals surface area contributed by atoms with Crippen LogP contribution in [-0.2, 0) is 14.8 Å². The zero-order valence-corrected chi connectivity index (χ0v) is 15.5. The van der Waals surface area contributed by atoms with Crippen LogP contribution in [0.5, 0.6) is 5.75 Å². The second kappa shape index (κ2) is 8.82. The first-order chi connectivity index (χ1) is 12.6. The Morgan fingerprint density at radius 1 is 1.15 bits per heavy atom. The van der Waals surface area contributed by atoms with E-state index >= 15 is 0 Å². The molecule has 12 heteroatoms. The topological polar surface area (TPSA) is 166 Å². The lowest BCUT2D eigenvalue weighted by Crippen LogP contribution is -2.61. The number of aliphatic hydroxyl groups excluding tert-OH is 3. The molecule has 0 bridgehead atoms. The first-order valence-corrected chi connectivity index (χ1v) is 9.89. The van der Waals surface area contributed by atoms with Gasteiger partial charge in [-0.1, -0.05) is 0 Å². The predicted molar refractivity (Wildman–Crippen MR) is 94.7 cm³/mol. The van der Waals surface area contributed by atoms with Gasteiger partial charge in [0.2, 0.25) is 16.3 Å². The number of nitrogens with one attached hydrogen (secondary N) is 3. The third-order valence-electron chi connectivity index (χ3n) is 3.81. The number of carbonyl (C=O) groups excluding carboxylic acids is 1. The molecule has 5 atom stereocenters. The zero-order valence-electron chi connectivity index (χ0n) is 14.7. The summed E-state index contributed by atoms with van der Waals surface area (Å²) >= 11 is 0. The molecule has 2 amide bonds. The molecule has 1 aromatic rings. The SMILES string of the molecule is CNC(=O)Nc1ccc(O[C@H]2O[C@H](CNS(C)(=O)=O)[C@@H](O)[C@H](O)[C@@H]2O)cc1. The molecule has 1 aliphatic heterocycles. The van der Waals surface area contributed by atoms with Gasteiger partial charge in [-0.25, -0.2) is 17.9 Å². The Kier molecular flexibility index (Phi) is 6.97. The summed E-state index contributed by atoms with van der Waals surface area (Å²) in [6, 6.07) is 5.71. The number of rotatable bonds is 6. The monoisotopic (exact) mass is 405 g/mol. The molecule has 0 unspecified atom stereocenters. The van der Waals surface area contributed by atoms with E-state index in [9.17, 15) is 28.5 Å². The second-order valence-corrected chi connectivity index (χ2v) is 7.81. The van der Waals surface area contributed by atoms with Crippen LogP contribution in [0.25, 0.3) is 0 Å². The molecule has 11 nitrogen and oxygen atoms in total. The summed E-state index contributed by atoms with van der Waals surface area (Å²) in [7, 11) is -2.06. The Morgan fingerprint density at radius 3 is 2.33 bits per heavy atom. The van der Waals surface area contributed by atoms with E-state index in [4.69, 9.17) is 9.47 Å². The van der Waals surface area contributed by atoms with Crippen LogP contribution >= 0.6 is 0 Å². The molecule has 2 rings (SSSR count). The van der Waals surface area contributed by atoms with E-state index in [-0.39, 0.29) is 12.3 Å². The standard InChI is InChI=1S/C15H23N3O8S/c1-16-15(22)18-8-3-5-9(6-4-8)25-14-13(21)12(20)11(19)10(26-14)7-17-27(2,23)24/h3-6,10-14,17,19-21H,7H2,1-2H3,(H2,16,18,22)/t10-,11-,12+,13+,14+/m1/s1. The van der Waals surface area contributed by atoms with Crippen LogP contribution < -0.4 is 20.1 Å². The van der Waals surface area contributed by atoms with Crippen LogP contribution in [0.15, 0.2) is 24.3 Å². The fourth-order valence-corrected chi connectivity index (χ4v) is 2.83. The molecule has 1 fully saturated rings. The number of ether oxygens (including phenoxy) is 2. The molecule has 6 N–H and O–H groups in total. The van der Waals surface area contributed by atoms with E-state index in [1.54, 1.807) is 12.1 Å². The average molecular weight is 405 g/mol. The maximum Gasteiger partial charge on any atom is 0.318 e. The van der Waals surface area contributed by atoms with Crippen LogP contribution in [0.4, 0.5) is 10.5 Å². The number of aliphatic hydroxyl groups is 3. The first kappa shape index (κ1) is 21.3. The fraction of sp³-hybridized carbons (Fsp3) is 0.533. The number of urea groups is 1. The molecule has 0 aromatic heterocycles. The van der Waals surface area contributed by atoms with Gasteiger partial charge in [-0.2, -0.15) is 0 Å². The predicted octanol–water partition coefficient (Wildman–Crippen LogP) is -1.83. The zero-order chi connectivity index (χ0) is 20.2. The molecule has 0 spiro atoms. The lowest BCUT2D eigenvalue weighted by atomic mass is 9.99. The lowest BCUT2D eigenvalue weighted by Gasteiger charge is -2.40. The normalized spacial score (nSPS) is 28.4. The van der Waals surface area contributed by atoms with E-state index in [1.807, 2.05) is 0 Å². The molecular weight excluding hydrogens is 382 g/mol. The first-order valence-electron chi connectivity index (χ1n) is 8.00. The van der Waals surface area contributed by atoms with Gasteiger partial charge in [0.05, 0.1) is 6.26 Å². The van der Waals surface area contributed by atoms with Crippen molar-refractivity contribution in [3.8, 4) is 5.75 Å². The molecule has 27 heavy (non-hydrogen) atoms. The molecule has 0 aliphatic carbocycles. The average Bonchev–Trinajstić information content (AvgIpc) is 2.61. The Balaban J connectivity index is 2.04. The molecule has 152 valence electrons. The number of hydrogen-bond donors (Lipinski definition) is 6. The van der Waals surface area contributed by atoms with E-state index in [0.29, 0.717) is 5.69 Å². The van der Waals surface area contributed by atoms with Gasteiger partial charge in [0.15, 0.2) is 0 Å². The van der Waals surface area contributed by atoms with E-state index < -0.39 is 46.8 Å². The van der Waals surface area contributed by atoms with Crippen molar-refractivity contribution in [1.82, 2.24) is 10.0 Å². The van der Waals surface area contributed by atoms with Gasteiger partial charge in [-0.05, 0) is 24.3 Å². The quantitative estimate of drug-likeness (QED) is 0.321. The largest absolute Gasteiger partial charge is 0.462 e. The number of anilines is 1. The summed E-state index contributed by atoms with van der Waals surface area (Å²) in [5.74, 6) is 0.264. The van der Waals surface area contributed by atoms with E-state index in [0.717, 1.165) is 6.26 Å². The highest BCUT2D eigenvalue weighted by Crippen LogP contribution is 2.25. The van der Waals surface area contributed by atoms with Gasteiger partial charge >= 0.3 is 6.03 Å². The van der Waals surface area contributed by atoms with Crippen molar-refractivity contribution >= 4 is 21.7 Å². The van der Waals surface area contributed by atoms with E-state index in [2.05, 4.69) is 15.4 Å². The molecule has 1 heterocycles. The Bertz CT molecular complexity index is 742. The maximum absolute atomic E-state index is 11.3. The Labute approximate surface area is 156 Å². The minimum atomic E-state index is -3.54. The molecule has 1 aliphatic rings. The summed E-state index contributed by atoms with van der Waals surface area (Å²) in [4.78, 5) is 11.3. The molecule has 0 radical (unpaired) electrons.